The first-order valence-electron chi connectivity index (χ1n) is 7.65. The van der Waals surface area contributed by atoms with Crippen LogP contribution in [-0.2, 0) is 0 Å². The average molecular weight is 302 g/mol. The van der Waals surface area contributed by atoms with Crippen molar-refractivity contribution in [2.24, 2.45) is 0 Å². The van der Waals surface area contributed by atoms with Crippen LogP contribution in [0.5, 0.6) is 23.0 Å². The minimum atomic E-state index is 0.130. The highest BCUT2D eigenvalue weighted by Crippen LogP contribution is 2.48. The summed E-state index contributed by atoms with van der Waals surface area (Å²) >= 11 is 0. The van der Waals surface area contributed by atoms with Crippen LogP contribution in [0.1, 0.15) is 22.6 Å². The second-order valence-corrected chi connectivity index (χ2v) is 5.72. The number of benzene rings is 3. The van der Waals surface area contributed by atoms with E-state index in [2.05, 4.69) is 36.4 Å². The number of fused-ring (bicyclic) bond motifs is 3. The standard InChI is InChI=1S/C20H14O3/c1-3-7-16-14(5-1)20(15-6-2-4-8-17(15)23-16)13-9-10-18-19(11-13)22-12-21-18/h1-11,20H,12H2. The van der Waals surface area contributed by atoms with E-state index in [1.807, 2.05) is 30.3 Å². The fraction of sp³-hybridized carbons (Fsp3) is 0.100. The Kier molecular flexibility index (Phi) is 2.62. The number of hydrogen-bond acceptors (Lipinski definition) is 3. The summed E-state index contributed by atoms with van der Waals surface area (Å²) in [5, 5.41) is 0. The van der Waals surface area contributed by atoms with Gasteiger partial charge < -0.3 is 14.2 Å². The molecule has 0 bridgehead atoms. The average Bonchev–Trinajstić information content (AvgIpc) is 3.07. The molecule has 2 aliphatic heterocycles. The number of ether oxygens (including phenoxy) is 3. The summed E-state index contributed by atoms with van der Waals surface area (Å²) in [5.74, 6) is 3.57. The Labute approximate surface area is 134 Å². The SMILES string of the molecule is c1ccc2c(c1)Oc1ccccc1C2c1ccc2c(c1)OCO2. The predicted octanol–water partition coefficient (Wildman–Crippen LogP) is 4.70. The fourth-order valence-electron chi connectivity index (χ4n) is 3.36. The zero-order chi connectivity index (χ0) is 15.2. The van der Waals surface area contributed by atoms with Gasteiger partial charge in [-0.1, -0.05) is 42.5 Å². The summed E-state index contributed by atoms with van der Waals surface area (Å²) in [4.78, 5) is 0. The van der Waals surface area contributed by atoms with Gasteiger partial charge in [0.25, 0.3) is 0 Å². The highest BCUT2D eigenvalue weighted by Gasteiger charge is 2.29. The molecule has 0 fully saturated rings. The van der Waals surface area contributed by atoms with Crippen LogP contribution >= 0.6 is 0 Å². The molecule has 0 aliphatic carbocycles. The highest BCUT2D eigenvalue weighted by molar-refractivity contribution is 5.59. The van der Waals surface area contributed by atoms with Crippen molar-refractivity contribution in [2.75, 3.05) is 6.79 Å². The van der Waals surface area contributed by atoms with Gasteiger partial charge >= 0.3 is 0 Å². The normalized spacial score (nSPS) is 14.8. The zero-order valence-corrected chi connectivity index (χ0v) is 12.4. The van der Waals surface area contributed by atoms with E-state index in [0.717, 1.165) is 23.0 Å². The maximum atomic E-state index is 6.07. The topological polar surface area (TPSA) is 27.7 Å². The number of hydrogen-bond donors (Lipinski definition) is 0. The maximum absolute atomic E-state index is 6.07. The lowest BCUT2D eigenvalue weighted by Gasteiger charge is -2.28. The minimum absolute atomic E-state index is 0.130. The Morgan fingerprint density at radius 3 is 2.04 bits per heavy atom. The van der Waals surface area contributed by atoms with Crippen molar-refractivity contribution in [1.82, 2.24) is 0 Å². The van der Waals surface area contributed by atoms with Crippen LogP contribution in [0.3, 0.4) is 0 Å². The van der Waals surface area contributed by atoms with Crippen molar-refractivity contribution < 1.29 is 14.2 Å². The van der Waals surface area contributed by atoms with Crippen molar-refractivity contribution >= 4 is 0 Å². The van der Waals surface area contributed by atoms with Crippen LogP contribution in [-0.4, -0.2) is 6.79 Å². The Morgan fingerprint density at radius 2 is 1.30 bits per heavy atom. The molecule has 112 valence electrons. The third kappa shape index (κ3) is 1.90. The van der Waals surface area contributed by atoms with Gasteiger partial charge in [0.1, 0.15) is 11.5 Å². The van der Waals surface area contributed by atoms with Crippen molar-refractivity contribution in [3.05, 3.63) is 83.4 Å². The Bertz CT molecular complexity index is 855. The maximum Gasteiger partial charge on any atom is 0.231 e. The van der Waals surface area contributed by atoms with E-state index in [1.165, 1.54) is 16.7 Å². The van der Waals surface area contributed by atoms with Crippen LogP contribution in [0.25, 0.3) is 0 Å². The highest BCUT2D eigenvalue weighted by atomic mass is 16.7. The monoisotopic (exact) mass is 302 g/mol. The molecule has 0 amide bonds. The minimum Gasteiger partial charge on any atom is -0.457 e. The predicted molar refractivity (Wildman–Crippen MR) is 86.5 cm³/mol. The number of para-hydroxylation sites is 2. The van der Waals surface area contributed by atoms with Crippen molar-refractivity contribution in [2.45, 2.75) is 5.92 Å². The van der Waals surface area contributed by atoms with Crippen LogP contribution in [0.4, 0.5) is 0 Å². The summed E-state index contributed by atoms with van der Waals surface area (Å²) in [6.45, 7) is 0.291. The summed E-state index contributed by atoms with van der Waals surface area (Å²) in [6, 6.07) is 22.6. The fourth-order valence-corrected chi connectivity index (χ4v) is 3.36. The second-order valence-electron chi connectivity index (χ2n) is 5.72. The Hall–Kier alpha value is -2.94. The molecule has 0 aromatic heterocycles. The van der Waals surface area contributed by atoms with E-state index < -0.39 is 0 Å². The van der Waals surface area contributed by atoms with Gasteiger partial charge in [-0.3, -0.25) is 0 Å². The Morgan fingerprint density at radius 1 is 0.652 bits per heavy atom. The van der Waals surface area contributed by atoms with Gasteiger partial charge in [-0.05, 0) is 29.8 Å². The molecule has 3 aromatic rings. The van der Waals surface area contributed by atoms with Gasteiger partial charge in [-0.2, -0.15) is 0 Å². The van der Waals surface area contributed by atoms with Crippen LogP contribution in [0.2, 0.25) is 0 Å². The summed E-state index contributed by atoms with van der Waals surface area (Å²) < 4.78 is 17.1. The zero-order valence-electron chi connectivity index (χ0n) is 12.4. The summed E-state index contributed by atoms with van der Waals surface area (Å²) in [6.07, 6.45) is 0. The number of rotatable bonds is 1. The molecule has 3 heteroatoms. The lowest BCUT2D eigenvalue weighted by molar-refractivity contribution is 0.174. The molecule has 3 aromatic carbocycles. The van der Waals surface area contributed by atoms with Gasteiger partial charge in [-0.15, -0.1) is 0 Å². The molecule has 0 saturated heterocycles. The molecule has 3 nitrogen and oxygen atoms in total. The third-order valence-electron chi connectivity index (χ3n) is 4.41. The molecule has 0 radical (unpaired) electrons. The molecule has 0 saturated carbocycles. The molecular formula is C20H14O3. The van der Waals surface area contributed by atoms with Crippen LogP contribution in [0, 0.1) is 0 Å². The molecule has 0 atom stereocenters. The smallest absolute Gasteiger partial charge is 0.231 e. The van der Waals surface area contributed by atoms with E-state index >= 15 is 0 Å². The van der Waals surface area contributed by atoms with Crippen molar-refractivity contribution in [3.8, 4) is 23.0 Å². The van der Waals surface area contributed by atoms with Crippen LogP contribution < -0.4 is 14.2 Å². The lowest BCUT2D eigenvalue weighted by atomic mass is 9.82. The first-order chi connectivity index (χ1) is 11.4. The van der Waals surface area contributed by atoms with Crippen molar-refractivity contribution in [1.29, 1.82) is 0 Å². The van der Waals surface area contributed by atoms with E-state index in [-0.39, 0.29) is 5.92 Å². The first kappa shape index (κ1) is 12.6. The van der Waals surface area contributed by atoms with E-state index in [0.29, 0.717) is 6.79 Å². The molecular weight excluding hydrogens is 288 g/mol. The van der Waals surface area contributed by atoms with Gasteiger partial charge in [-0.25, -0.2) is 0 Å². The molecule has 5 rings (SSSR count). The van der Waals surface area contributed by atoms with Gasteiger partial charge in [0.2, 0.25) is 6.79 Å². The molecule has 2 heterocycles. The largest absolute Gasteiger partial charge is 0.457 e. The summed E-state index contributed by atoms with van der Waals surface area (Å²) in [5.41, 5.74) is 3.52. The van der Waals surface area contributed by atoms with E-state index in [9.17, 15) is 0 Å². The van der Waals surface area contributed by atoms with Crippen LogP contribution in [0.15, 0.2) is 66.7 Å². The van der Waals surface area contributed by atoms with Gasteiger partial charge in [0.05, 0.1) is 0 Å². The van der Waals surface area contributed by atoms with E-state index in [4.69, 9.17) is 14.2 Å². The van der Waals surface area contributed by atoms with Gasteiger partial charge in [0, 0.05) is 17.0 Å². The first-order valence-corrected chi connectivity index (χ1v) is 7.65. The Balaban J connectivity index is 1.73. The second kappa shape index (κ2) is 4.78. The summed E-state index contributed by atoms with van der Waals surface area (Å²) in [7, 11) is 0. The molecule has 0 spiro atoms. The molecule has 0 N–H and O–H groups in total. The lowest BCUT2D eigenvalue weighted by Crippen LogP contribution is -2.11. The van der Waals surface area contributed by atoms with Gasteiger partial charge in [0.15, 0.2) is 11.5 Å². The van der Waals surface area contributed by atoms with Crippen molar-refractivity contribution in [3.63, 3.8) is 0 Å². The quantitative estimate of drug-likeness (QED) is 0.510. The molecule has 2 aliphatic rings. The molecule has 0 unspecified atom stereocenters. The van der Waals surface area contributed by atoms with E-state index in [1.54, 1.807) is 0 Å². The molecule has 23 heavy (non-hydrogen) atoms. The third-order valence-corrected chi connectivity index (χ3v) is 4.41.